The average molecular weight is 399 g/mol. The Morgan fingerprint density at radius 3 is 2.85 bits per heavy atom. The number of nitrogens with zero attached hydrogens (tertiary/aromatic N) is 3. The van der Waals surface area contributed by atoms with Crippen molar-refractivity contribution in [3.8, 4) is 5.88 Å². The number of cyclic esters (lactones) is 1. The van der Waals surface area contributed by atoms with E-state index in [4.69, 9.17) is 15.2 Å². The number of hydrogen-bond donors (Lipinski definition) is 1. The lowest BCUT2D eigenvalue weighted by Crippen LogP contribution is -2.28. The molecule has 0 unspecified atom stereocenters. The number of ether oxygens (including phenoxy) is 2. The molecular weight excluding hydrogens is 379 g/mol. The fraction of sp³-hybridized carbons (Fsp3) is 0.412. The Balaban J connectivity index is 0.00000210. The molecule has 10 heteroatoms. The van der Waals surface area contributed by atoms with Crippen molar-refractivity contribution in [3.05, 3.63) is 36.3 Å². The largest absolute Gasteiger partial charge is 0.471 e. The number of amides is 1. The summed E-state index contributed by atoms with van der Waals surface area (Å²) in [6, 6.07) is 6.36. The van der Waals surface area contributed by atoms with Crippen LogP contribution in [0, 0.1) is 5.82 Å². The van der Waals surface area contributed by atoms with Gasteiger partial charge in [-0.15, -0.1) is 12.4 Å². The van der Waals surface area contributed by atoms with Gasteiger partial charge in [0.2, 0.25) is 0 Å². The molecule has 2 aliphatic rings. The Morgan fingerprint density at radius 1 is 1.33 bits per heavy atom. The SMILES string of the molecule is Cl.N[C@@H]1CCN(c2ccc(N3C[C@H](COc4ccon4)OC3=O)cc2F)C1. The Kier molecular flexibility index (Phi) is 5.71. The van der Waals surface area contributed by atoms with Gasteiger partial charge in [0, 0.05) is 25.2 Å². The minimum atomic E-state index is -0.533. The summed E-state index contributed by atoms with van der Waals surface area (Å²) in [5, 5.41) is 3.62. The molecule has 0 radical (unpaired) electrons. The van der Waals surface area contributed by atoms with Crippen LogP contribution in [0.15, 0.2) is 35.1 Å². The molecule has 1 aromatic heterocycles. The van der Waals surface area contributed by atoms with E-state index in [-0.39, 0.29) is 37.4 Å². The van der Waals surface area contributed by atoms with E-state index in [1.165, 1.54) is 17.2 Å². The molecule has 2 fully saturated rings. The van der Waals surface area contributed by atoms with Crippen LogP contribution in [0.3, 0.4) is 0 Å². The summed E-state index contributed by atoms with van der Waals surface area (Å²) in [5.41, 5.74) is 6.83. The van der Waals surface area contributed by atoms with Gasteiger partial charge in [-0.2, -0.15) is 0 Å². The highest BCUT2D eigenvalue weighted by Gasteiger charge is 2.33. The minimum absolute atomic E-state index is 0. The molecule has 4 rings (SSSR count). The molecule has 2 aromatic rings. The van der Waals surface area contributed by atoms with Gasteiger partial charge in [-0.1, -0.05) is 0 Å². The quantitative estimate of drug-likeness (QED) is 0.824. The van der Waals surface area contributed by atoms with E-state index in [0.717, 1.165) is 13.0 Å². The first-order valence-electron chi connectivity index (χ1n) is 8.41. The van der Waals surface area contributed by atoms with E-state index in [9.17, 15) is 9.18 Å². The smallest absolute Gasteiger partial charge is 0.414 e. The van der Waals surface area contributed by atoms with Gasteiger partial charge in [0.25, 0.3) is 5.88 Å². The molecule has 0 aliphatic carbocycles. The number of halogens is 2. The van der Waals surface area contributed by atoms with Crippen LogP contribution >= 0.6 is 12.4 Å². The summed E-state index contributed by atoms with van der Waals surface area (Å²) in [6.07, 6.45) is 1.22. The van der Waals surface area contributed by atoms with E-state index in [1.54, 1.807) is 18.2 Å². The predicted molar refractivity (Wildman–Crippen MR) is 98.1 cm³/mol. The molecule has 2 atom stereocenters. The van der Waals surface area contributed by atoms with E-state index < -0.39 is 12.2 Å². The van der Waals surface area contributed by atoms with Crippen LogP contribution < -0.4 is 20.3 Å². The standard InChI is InChI=1S/C17H19FN4O4.ClH/c18-14-7-12(1-2-15(14)21-5-3-11(19)8-21)22-9-13(26-17(22)23)10-24-16-4-6-25-20-16;/h1-2,4,6-7,11,13H,3,5,8-10,19H2;1H/t11-,13-;/m1./s1. The normalized spacial score (nSPS) is 21.9. The van der Waals surface area contributed by atoms with Gasteiger partial charge < -0.3 is 24.6 Å². The summed E-state index contributed by atoms with van der Waals surface area (Å²) in [4.78, 5) is 15.4. The first kappa shape index (κ1) is 19.2. The zero-order chi connectivity index (χ0) is 18.1. The number of aromatic nitrogens is 1. The topological polar surface area (TPSA) is 94.1 Å². The van der Waals surface area contributed by atoms with Crippen molar-refractivity contribution in [2.45, 2.75) is 18.6 Å². The zero-order valence-electron chi connectivity index (χ0n) is 14.4. The van der Waals surface area contributed by atoms with E-state index >= 15 is 0 Å². The highest BCUT2D eigenvalue weighted by molar-refractivity contribution is 5.90. The molecule has 0 saturated carbocycles. The number of anilines is 2. The molecule has 0 spiro atoms. The van der Waals surface area contributed by atoms with Crippen LogP contribution in [0.1, 0.15) is 6.42 Å². The maximum atomic E-state index is 14.5. The number of nitrogens with two attached hydrogens (primary N) is 1. The van der Waals surface area contributed by atoms with Crippen molar-refractivity contribution in [1.82, 2.24) is 5.16 Å². The Hall–Kier alpha value is -2.52. The maximum Gasteiger partial charge on any atom is 0.414 e. The summed E-state index contributed by atoms with van der Waals surface area (Å²) in [6.45, 7) is 1.76. The lowest BCUT2D eigenvalue weighted by molar-refractivity contribution is 0.102. The van der Waals surface area contributed by atoms with Gasteiger partial charge in [0.1, 0.15) is 18.7 Å². The molecule has 27 heavy (non-hydrogen) atoms. The summed E-state index contributed by atoms with van der Waals surface area (Å²) >= 11 is 0. The van der Waals surface area contributed by atoms with E-state index in [2.05, 4.69) is 9.68 Å². The molecule has 2 N–H and O–H groups in total. The van der Waals surface area contributed by atoms with Gasteiger partial charge in [0.05, 0.1) is 17.9 Å². The second kappa shape index (κ2) is 8.01. The summed E-state index contributed by atoms with van der Waals surface area (Å²) in [5.74, 6) is -0.0644. The van der Waals surface area contributed by atoms with E-state index in [0.29, 0.717) is 23.8 Å². The Morgan fingerprint density at radius 2 is 2.19 bits per heavy atom. The van der Waals surface area contributed by atoms with Crippen molar-refractivity contribution in [1.29, 1.82) is 0 Å². The number of hydrogen-bond acceptors (Lipinski definition) is 7. The van der Waals surface area contributed by atoms with Crippen LogP contribution in [-0.4, -0.2) is 49.6 Å². The third-order valence-electron chi connectivity index (χ3n) is 4.51. The third-order valence-corrected chi connectivity index (χ3v) is 4.51. The number of benzene rings is 1. The number of carbonyl (C=O) groups excluding carboxylic acids is 1. The first-order valence-corrected chi connectivity index (χ1v) is 8.41. The molecule has 2 saturated heterocycles. The van der Waals surface area contributed by atoms with Crippen LogP contribution in [0.25, 0.3) is 0 Å². The summed E-state index contributed by atoms with van der Waals surface area (Å²) in [7, 11) is 0. The van der Waals surface area contributed by atoms with Crippen molar-refractivity contribution >= 4 is 29.9 Å². The lowest BCUT2D eigenvalue weighted by atomic mass is 10.2. The molecule has 1 aromatic carbocycles. The highest BCUT2D eigenvalue weighted by Crippen LogP contribution is 2.29. The molecular formula is C17H20ClFN4O4. The van der Waals surface area contributed by atoms with Crippen molar-refractivity contribution in [2.24, 2.45) is 5.73 Å². The van der Waals surface area contributed by atoms with Crippen molar-refractivity contribution in [2.75, 3.05) is 36.0 Å². The second-order valence-electron chi connectivity index (χ2n) is 6.40. The monoisotopic (exact) mass is 398 g/mol. The summed E-state index contributed by atoms with van der Waals surface area (Å²) < 4.78 is 29.9. The lowest BCUT2D eigenvalue weighted by Gasteiger charge is -2.20. The Labute approximate surface area is 161 Å². The van der Waals surface area contributed by atoms with Crippen LogP contribution in [0.5, 0.6) is 5.88 Å². The minimum Gasteiger partial charge on any atom is -0.471 e. The zero-order valence-corrected chi connectivity index (χ0v) is 15.2. The molecule has 0 bridgehead atoms. The second-order valence-corrected chi connectivity index (χ2v) is 6.40. The fourth-order valence-corrected chi connectivity index (χ4v) is 3.20. The van der Waals surface area contributed by atoms with E-state index in [1.807, 2.05) is 4.90 Å². The van der Waals surface area contributed by atoms with Gasteiger partial charge >= 0.3 is 6.09 Å². The fourth-order valence-electron chi connectivity index (χ4n) is 3.20. The number of carbonyl (C=O) groups is 1. The van der Waals surface area contributed by atoms with Crippen LogP contribution in [0.2, 0.25) is 0 Å². The number of rotatable bonds is 5. The molecule has 2 aliphatic heterocycles. The van der Waals surface area contributed by atoms with Gasteiger partial charge in [0.15, 0.2) is 6.10 Å². The third kappa shape index (κ3) is 4.09. The average Bonchev–Trinajstić information content (AvgIpc) is 3.34. The Bertz CT molecular complexity index is 791. The highest BCUT2D eigenvalue weighted by atomic mass is 35.5. The molecule has 3 heterocycles. The molecule has 1 amide bonds. The van der Waals surface area contributed by atoms with Crippen LogP contribution in [0.4, 0.5) is 20.6 Å². The predicted octanol–water partition coefficient (Wildman–Crippen LogP) is 2.18. The molecule has 146 valence electrons. The maximum absolute atomic E-state index is 14.5. The van der Waals surface area contributed by atoms with Crippen LogP contribution in [-0.2, 0) is 4.74 Å². The molecule has 8 nitrogen and oxygen atoms in total. The first-order chi connectivity index (χ1) is 12.6. The van der Waals surface area contributed by atoms with Crippen molar-refractivity contribution in [3.63, 3.8) is 0 Å². The van der Waals surface area contributed by atoms with Gasteiger partial charge in [-0.3, -0.25) is 4.90 Å². The van der Waals surface area contributed by atoms with Crippen molar-refractivity contribution < 1.29 is 23.2 Å². The van der Waals surface area contributed by atoms with Gasteiger partial charge in [-0.05, 0) is 29.8 Å². The van der Waals surface area contributed by atoms with Gasteiger partial charge in [-0.25, -0.2) is 9.18 Å².